The van der Waals surface area contributed by atoms with E-state index in [-0.39, 0.29) is 12.3 Å². The van der Waals surface area contributed by atoms with E-state index < -0.39 is 5.60 Å². The van der Waals surface area contributed by atoms with Gasteiger partial charge in [-0.1, -0.05) is 65.7 Å². The predicted molar refractivity (Wildman–Crippen MR) is 159 cm³/mol. The monoisotopic (exact) mass is 568 g/mol. The van der Waals surface area contributed by atoms with E-state index in [1.54, 1.807) is 0 Å². The lowest BCUT2D eigenvalue weighted by Gasteiger charge is -2.43. The first-order chi connectivity index (χ1) is 18.9. The third-order valence-corrected chi connectivity index (χ3v) is 7.90. The maximum absolute atomic E-state index is 6.93. The predicted octanol–water partition coefficient (Wildman–Crippen LogP) is 7.76. The fourth-order valence-corrected chi connectivity index (χ4v) is 5.76. The molecule has 0 N–H and O–H groups in total. The molecule has 1 unspecified atom stereocenters. The number of anilines is 1. The molecule has 7 heteroatoms. The first kappa shape index (κ1) is 28.3. The molecule has 208 valence electrons. The van der Waals surface area contributed by atoms with Gasteiger partial charge in [0.05, 0.1) is 23.4 Å². The van der Waals surface area contributed by atoms with Gasteiger partial charge in [-0.15, -0.1) is 0 Å². The summed E-state index contributed by atoms with van der Waals surface area (Å²) in [5, 5.41) is 1.42. The van der Waals surface area contributed by atoms with Crippen LogP contribution in [0.1, 0.15) is 50.3 Å². The minimum atomic E-state index is -0.513. The fraction of sp³-hybridized carbons (Fsp3) is 0.438. The average Bonchev–Trinajstić information content (AvgIpc) is 2.94. The second kappa shape index (κ2) is 12.9. The van der Waals surface area contributed by atoms with E-state index in [0.29, 0.717) is 11.6 Å². The van der Waals surface area contributed by atoms with Crippen LogP contribution in [0.4, 0.5) is 5.69 Å². The molecule has 2 fully saturated rings. The van der Waals surface area contributed by atoms with Crippen molar-refractivity contribution in [2.24, 2.45) is 0 Å². The van der Waals surface area contributed by atoms with Crippen molar-refractivity contribution in [3.63, 3.8) is 0 Å². The van der Waals surface area contributed by atoms with E-state index in [2.05, 4.69) is 58.3 Å². The zero-order chi connectivity index (χ0) is 27.2. The molecular formula is C32H38Cl2N2O3. The minimum Gasteiger partial charge on any atom is -0.485 e. The Morgan fingerprint density at radius 3 is 2.46 bits per heavy atom. The zero-order valence-corrected chi connectivity index (χ0v) is 24.3. The lowest BCUT2D eigenvalue weighted by Crippen LogP contribution is -2.48. The van der Waals surface area contributed by atoms with Gasteiger partial charge < -0.3 is 19.1 Å². The molecule has 2 atom stereocenters. The Kier molecular flexibility index (Phi) is 9.36. The van der Waals surface area contributed by atoms with E-state index in [1.165, 1.54) is 11.1 Å². The molecule has 3 aromatic rings. The first-order valence-electron chi connectivity index (χ1n) is 13.9. The Morgan fingerprint density at radius 1 is 0.949 bits per heavy atom. The highest BCUT2D eigenvalue weighted by Crippen LogP contribution is 2.38. The number of ether oxygens (including phenoxy) is 3. The molecule has 0 aromatic heterocycles. The number of hydrogen-bond donors (Lipinski definition) is 0. The molecular weight excluding hydrogens is 531 g/mol. The molecule has 2 aliphatic rings. The molecule has 2 saturated heterocycles. The minimum absolute atomic E-state index is 0.141. The molecule has 0 amide bonds. The average molecular weight is 570 g/mol. The van der Waals surface area contributed by atoms with Crippen LogP contribution < -0.4 is 9.64 Å². The Balaban J connectivity index is 1.30. The molecule has 0 aliphatic carbocycles. The van der Waals surface area contributed by atoms with Crippen molar-refractivity contribution in [2.45, 2.75) is 57.6 Å². The maximum Gasteiger partial charge on any atom is 0.157 e. The number of rotatable bonds is 9. The maximum atomic E-state index is 6.93. The van der Waals surface area contributed by atoms with E-state index in [9.17, 15) is 0 Å². The summed E-state index contributed by atoms with van der Waals surface area (Å²) in [6, 6.07) is 25.0. The fourth-order valence-electron chi connectivity index (χ4n) is 5.35. The molecule has 2 aliphatic heterocycles. The third kappa shape index (κ3) is 7.68. The van der Waals surface area contributed by atoms with Crippen LogP contribution in [0, 0.1) is 0 Å². The van der Waals surface area contributed by atoms with E-state index >= 15 is 0 Å². The van der Waals surface area contributed by atoms with Crippen molar-refractivity contribution in [1.29, 1.82) is 0 Å². The topological polar surface area (TPSA) is 34.2 Å². The summed E-state index contributed by atoms with van der Waals surface area (Å²) in [6.45, 7) is 8.88. The molecule has 0 spiro atoms. The van der Waals surface area contributed by atoms with Gasteiger partial charge in [0.1, 0.15) is 11.4 Å². The van der Waals surface area contributed by atoms with Gasteiger partial charge in [-0.25, -0.2) is 0 Å². The second-order valence-electron chi connectivity index (χ2n) is 11.1. The second-order valence-corrected chi connectivity index (χ2v) is 11.9. The van der Waals surface area contributed by atoms with Crippen molar-refractivity contribution in [2.75, 3.05) is 37.7 Å². The normalized spacial score (nSPS) is 20.7. The van der Waals surface area contributed by atoms with Crippen LogP contribution >= 0.6 is 23.2 Å². The van der Waals surface area contributed by atoms with Crippen LogP contribution in [0.3, 0.4) is 0 Å². The highest BCUT2D eigenvalue weighted by Gasteiger charge is 2.30. The summed E-state index contributed by atoms with van der Waals surface area (Å²) in [6.07, 6.45) is 3.04. The summed E-state index contributed by atoms with van der Waals surface area (Å²) in [7, 11) is 0. The van der Waals surface area contributed by atoms with E-state index in [1.807, 2.05) is 38.1 Å². The van der Waals surface area contributed by atoms with Crippen molar-refractivity contribution >= 4 is 28.9 Å². The number of hydrogen-bond acceptors (Lipinski definition) is 5. The SMILES string of the molecule is CC(C)(COC1CCCCO1)Oc1ccc(N2CCN(Cc3ccccc3)C[C@H]2c2ccc(Cl)cc2)c(Cl)c1. The summed E-state index contributed by atoms with van der Waals surface area (Å²) in [4.78, 5) is 4.92. The van der Waals surface area contributed by atoms with Crippen LogP contribution in [0.25, 0.3) is 0 Å². The molecule has 0 bridgehead atoms. The highest BCUT2D eigenvalue weighted by molar-refractivity contribution is 6.33. The highest BCUT2D eigenvalue weighted by atomic mass is 35.5. The lowest BCUT2D eigenvalue weighted by atomic mass is 10.0. The number of halogens is 2. The largest absolute Gasteiger partial charge is 0.485 e. The van der Waals surface area contributed by atoms with Crippen molar-refractivity contribution in [1.82, 2.24) is 4.90 Å². The molecule has 3 aromatic carbocycles. The summed E-state index contributed by atoms with van der Waals surface area (Å²) in [5.41, 5.74) is 3.03. The Morgan fingerprint density at radius 2 is 1.74 bits per heavy atom. The summed E-state index contributed by atoms with van der Waals surface area (Å²) >= 11 is 13.2. The quantitative estimate of drug-likeness (QED) is 0.263. The van der Waals surface area contributed by atoms with Gasteiger partial charge in [-0.3, -0.25) is 4.90 Å². The van der Waals surface area contributed by atoms with Crippen LogP contribution in [0.15, 0.2) is 72.8 Å². The first-order valence-corrected chi connectivity index (χ1v) is 14.6. The summed E-state index contributed by atoms with van der Waals surface area (Å²) in [5.74, 6) is 0.729. The molecule has 0 saturated carbocycles. The molecule has 39 heavy (non-hydrogen) atoms. The van der Waals surface area contributed by atoms with Crippen LogP contribution in [-0.4, -0.2) is 49.6 Å². The Hall–Kier alpha value is -2.28. The van der Waals surface area contributed by atoms with E-state index in [0.717, 1.165) is 68.5 Å². The smallest absolute Gasteiger partial charge is 0.157 e. The van der Waals surface area contributed by atoms with Crippen LogP contribution in [0.2, 0.25) is 10.0 Å². The van der Waals surface area contributed by atoms with Gasteiger partial charge in [0.15, 0.2) is 6.29 Å². The number of piperazine rings is 1. The van der Waals surface area contributed by atoms with Crippen molar-refractivity contribution < 1.29 is 14.2 Å². The van der Waals surface area contributed by atoms with Gasteiger partial charge in [0.2, 0.25) is 0 Å². The zero-order valence-electron chi connectivity index (χ0n) is 22.8. The molecule has 0 radical (unpaired) electrons. The number of benzene rings is 3. The third-order valence-electron chi connectivity index (χ3n) is 7.35. The molecule has 5 nitrogen and oxygen atoms in total. The van der Waals surface area contributed by atoms with Crippen molar-refractivity contribution in [3.05, 3.63) is 94.0 Å². The van der Waals surface area contributed by atoms with Crippen LogP contribution in [0.5, 0.6) is 5.75 Å². The van der Waals surface area contributed by atoms with Gasteiger partial charge in [-0.2, -0.15) is 0 Å². The standard InChI is InChI=1S/C32H38Cl2N2O3/c1-32(2,23-38-31-10-6-7-19-37-31)39-27-15-16-29(28(34)20-27)36-18-17-35(21-24-8-4-3-5-9-24)22-30(36)25-11-13-26(33)14-12-25/h3-5,8-9,11-16,20,30-31H,6-7,10,17-19,21-23H2,1-2H3/t30-,31?/m0/s1. The Bertz CT molecular complexity index is 1200. The number of nitrogens with zero attached hydrogens (tertiary/aromatic N) is 2. The van der Waals surface area contributed by atoms with E-state index in [4.69, 9.17) is 37.4 Å². The van der Waals surface area contributed by atoms with Gasteiger partial charge in [0, 0.05) is 43.9 Å². The van der Waals surface area contributed by atoms with Gasteiger partial charge in [-0.05, 0) is 68.5 Å². The molecule has 2 heterocycles. The Labute approximate surface area is 242 Å². The van der Waals surface area contributed by atoms with Gasteiger partial charge >= 0.3 is 0 Å². The van der Waals surface area contributed by atoms with Crippen molar-refractivity contribution in [3.8, 4) is 5.75 Å². The van der Waals surface area contributed by atoms with Crippen LogP contribution in [-0.2, 0) is 16.0 Å². The summed E-state index contributed by atoms with van der Waals surface area (Å²) < 4.78 is 18.0. The molecule has 5 rings (SSSR count). The van der Waals surface area contributed by atoms with Gasteiger partial charge in [0.25, 0.3) is 0 Å². The lowest BCUT2D eigenvalue weighted by molar-refractivity contribution is -0.182.